The molecule has 3 rings (SSSR count). The van der Waals surface area contributed by atoms with Gasteiger partial charge in [-0.2, -0.15) is 0 Å². The number of rotatable bonds is 4. The van der Waals surface area contributed by atoms with Crippen LogP contribution in [0.25, 0.3) is 0 Å². The molecule has 1 aliphatic heterocycles. The second-order valence-corrected chi connectivity index (χ2v) is 6.38. The minimum atomic E-state index is -0.479. The fourth-order valence-corrected chi connectivity index (χ4v) is 3.12. The predicted molar refractivity (Wildman–Crippen MR) is 101 cm³/mol. The Hall–Kier alpha value is -3.09. The van der Waals surface area contributed by atoms with Crippen molar-refractivity contribution in [2.24, 2.45) is 5.92 Å². The molecule has 0 radical (unpaired) electrons. The molecule has 2 N–H and O–H groups in total. The van der Waals surface area contributed by atoms with Crippen molar-refractivity contribution in [1.29, 1.82) is 0 Å². The number of anilines is 2. The van der Waals surface area contributed by atoms with Crippen molar-refractivity contribution in [2.45, 2.75) is 12.8 Å². The van der Waals surface area contributed by atoms with Crippen LogP contribution in [0, 0.1) is 11.7 Å². The lowest BCUT2D eigenvalue weighted by Gasteiger charge is -2.32. The van der Waals surface area contributed by atoms with Crippen molar-refractivity contribution in [2.75, 3.05) is 30.8 Å². The van der Waals surface area contributed by atoms with Crippen LogP contribution in [0.5, 0.6) is 5.75 Å². The molecule has 0 spiro atoms. The topological polar surface area (TPSA) is 70.7 Å². The van der Waals surface area contributed by atoms with E-state index in [1.54, 1.807) is 35.2 Å². The maximum atomic E-state index is 13.7. The van der Waals surface area contributed by atoms with Crippen LogP contribution in [0.4, 0.5) is 20.6 Å². The number of hydrogen-bond acceptors (Lipinski definition) is 3. The van der Waals surface area contributed by atoms with Crippen molar-refractivity contribution in [3.63, 3.8) is 0 Å². The third-order valence-electron chi connectivity index (χ3n) is 4.56. The average molecular weight is 371 g/mol. The summed E-state index contributed by atoms with van der Waals surface area (Å²) in [5, 5.41) is 5.43. The zero-order valence-corrected chi connectivity index (χ0v) is 15.1. The third kappa shape index (κ3) is 4.55. The Kier molecular flexibility index (Phi) is 5.90. The molecule has 2 aromatic rings. The monoisotopic (exact) mass is 371 g/mol. The van der Waals surface area contributed by atoms with E-state index < -0.39 is 5.82 Å². The number of benzene rings is 2. The molecule has 1 aliphatic rings. The summed E-state index contributed by atoms with van der Waals surface area (Å²) in [7, 11) is 1.54. The number of piperidine rings is 1. The van der Waals surface area contributed by atoms with Crippen LogP contribution < -0.4 is 15.4 Å². The zero-order chi connectivity index (χ0) is 19.2. The minimum Gasteiger partial charge on any atom is -0.495 e. The number of ether oxygens (including phenoxy) is 1. The Bertz CT molecular complexity index is 828. The normalized spacial score (nSPS) is 16.5. The fourth-order valence-electron chi connectivity index (χ4n) is 3.12. The number of nitrogens with zero attached hydrogens (tertiary/aromatic N) is 1. The fraction of sp³-hybridized carbons (Fsp3) is 0.300. The Morgan fingerprint density at radius 2 is 1.78 bits per heavy atom. The van der Waals surface area contributed by atoms with Crippen molar-refractivity contribution >= 4 is 23.3 Å². The van der Waals surface area contributed by atoms with E-state index in [0.717, 1.165) is 0 Å². The molecule has 0 bridgehead atoms. The van der Waals surface area contributed by atoms with Crippen LogP contribution >= 0.6 is 0 Å². The number of carbonyl (C=O) groups excluding carboxylic acids is 2. The molecule has 7 heteroatoms. The van der Waals surface area contributed by atoms with E-state index in [-0.39, 0.29) is 30.1 Å². The molecule has 6 nitrogen and oxygen atoms in total. The smallest absolute Gasteiger partial charge is 0.321 e. The molecule has 2 aromatic carbocycles. The highest BCUT2D eigenvalue weighted by Crippen LogP contribution is 2.25. The van der Waals surface area contributed by atoms with Gasteiger partial charge in [-0.3, -0.25) is 4.79 Å². The standard InChI is InChI=1S/C20H22FN3O3/c1-27-18-11-5-4-10-17(18)23-20(26)24-12-6-7-14(13-24)19(25)22-16-9-3-2-8-15(16)21/h2-5,8-11,14H,6-7,12-13H2,1H3,(H,22,25)(H,23,26)/t14-/m1/s1. The number of hydrogen-bond donors (Lipinski definition) is 2. The number of likely N-dealkylation sites (tertiary alicyclic amines) is 1. The van der Waals surface area contributed by atoms with Crippen LogP contribution in [-0.2, 0) is 4.79 Å². The maximum absolute atomic E-state index is 13.7. The largest absolute Gasteiger partial charge is 0.495 e. The van der Waals surface area contributed by atoms with Crippen molar-refractivity contribution in [1.82, 2.24) is 4.90 Å². The Balaban J connectivity index is 1.62. The molecule has 3 amide bonds. The van der Waals surface area contributed by atoms with E-state index in [1.165, 1.54) is 19.2 Å². The van der Waals surface area contributed by atoms with Gasteiger partial charge in [0.15, 0.2) is 0 Å². The summed E-state index contributed by atoms with van der Waals surface area (Å²) in [6.45, 7) is 0.839. The van der Waals surface area contributed by atoms with Gasteiger partial charge in [0, 0.05) is 13.1 Å². The van der Waals surface area contributed by atoms with E-state index in [0.29, 0.717) is 30.8 Å². The Morgan fingerprint density at radius 1 is 1.07 bits per heavy atom. The van der Waals surface area contributed by atoms with Gasteiger partial charge in [0.25, 0.3) is 0 Å². The number of urea groups is 1. The number of nitrogens with one attached hydrogen (secondary N) is 2. The van der Waals surface area contributed by atoms with Crippen LogP contribution in [0.1, 0.15) is 12.8 Å². The van der Waals surface area contributed by atoms with Gasteiger partial charge >= 0.3 is 6.03 Å². The first kappa shape index (κ1) is 18.7. The second-order valence-electron chi connectivity index (χ2n) is 6.38. The first-order chi connectivity index (χ1) is 13.1. The molecule has 1 heterocycles. The van der Waals surface area contributed by atoms with Gasteiger partial charge in [-0.25, -0.2) is 9.18 Å². The summed E-state index contributed by atoms with van der Waals surface area (Å²) >= 11 is 0. The third-order valence-corrected chi connectivity index (χ3v) is 4.56. The minimum absolute atomic E-state index is 0.151. The summed E-state index contributed by atoms with van der Waals surface area (Å²) in [6, 6.07) is 12.9. The van der Waals surface area contributed by atoms with Gasteiger partial charge in [0.05, 0.1) is 24.4 Å². The van der Waals surface area contributed by atoms with Gasteiger partial charge in [0.1, 0.15) is 11.6 Å². The number of halogens is 1. The lowest BCUT2D eigenvalue weighted by atomic mass is 9.97. The lowest BCUT2D eigenvalue weighted by Crippen LogP contribution is -2.45. The van der Waals surface area contributed by atoms with E-state index in [4.69, 9.17) is 4.74 Å². The highest BCUT2D eigenvalue weighted by Gasteiger charge is 2.29. The van der Waals surface area contributed by atoms with Gasteiger partial charge in [-0.1, -0.05) is 24.3 Å². The molecular weight excluding hydrogens is 349 g/mol. The summed E-state index contributed by atoms with van der Waals surface area (Å²) in [5.41, 5.74) is 0.723. The average Bonchev–Trinajstić information content (AvgIpc) is 2.70. The highest BCUT2D eigenvalue weighted by atomic mass is 19.1. The van der Waals surface area contributed by atoms with Crippen LogP contribution in [0.3, 0.4) is 0 Å². The molecule has 0 saturated carbocycles. The van der Waals surface area contributed by atoms with Gasteiger partial charge in [-0.15, -0.1) is 0 Å². The molecule has 0 aromatic heterocycles. The first-order valence-corrected chi connectivity index (χ1v) is 8.83. The van der Waals surface area contributed by atoms with E-state index in [9.17, 15) is 14.0 Å². The van der Waals surface area contributed by atoms with Crippen molar-refractivity contribution < 1.29 is 18.7 Å². The molecule has 1 saturated heterocycles. The van der Waals surface area contributed by atoms with E-state index in [2.05, 4.69) is 10.6 Å². The Morgan fingerprint density at radius 3 is 2.52 bits per heavy atom. The molecule has 142 valence electrons. The lowest BCUT2D eigenvalue weighted by molar-refractivity contribution is -0.121. The number of para-hydroxylation sites is 3. The van der Waals surface area contributed by atoms with Crippen LogP contribution in [0.2, 0.25) is 0 Å². The van der Waals surface area contributed by atoms with E-state index in [1.807, 2.05) is 6.07 Å². The Labute approximate surface area is 157 Å². The molecule has 0 unspecified atom stereocenters. The number of amides is 3. The molecule has 1 fully saturated rings. The summed E-state index contributed by atoms with van der Waals surface area (Å²) in [6.07, 6.45) is 1.35. The number of methoxy groups -OCH3 is 1. The first-order valence-electron chi connectivity index (χ1n) is 8.83. The maximum Gasteiger partial charge on any atom is 0.321 e. The molecule has 0 aliphatic carbocycles. The van der Waals surface area contributed by atoms with Gasteiger partial charge in [0.2, 0.25) is 5.91 Å². The molecular formula is C20H22FN3O3. The molecule has 27 heavy (non-hydrogen) atoms. The highest BCUT2D eigenvalue weighted by molar-refractivity contribution is 5.94. The molecule has 1 atom stereocenters. The summed E-state index contributed by atoms with van der Waals surface area (Å²) in [4.78, 5) is 26.7. The second kappa shape index (κ2) is 8.53. The van der Waals surface area contributed by atoms with E-state index >= 15 is 0 Å². The van der Waals surface area contributed by atoms with Crippen LogP contribution in [0.15, 0.2) is 48.5 Å². The summed E-state index contributed by atoms with van der Waals surface area (Å²) in [5.74, 6) is -0.583. The van der Waals surface area contributed by atoms with Gasteiger partial charge < -0.3 is 20.3 Å². The van der Waals surface area contributed by atoms with Crippen molar-refractivity contribution in [3.8, 4) is 5.75 Å². The predicted octanol–water partition coefficient (Wildman–Crippen LogP) is 3.72. The quantitative estimate of drug-likeness (QED) is 0.861. The van der Waals surface area contributed by atoms with Crippen LogP contribution in [-0.4, -0.2) is 37.0 Å². The SMILES string of the molecule is COc1ccccc1NC(=O)N1CCC[C@@H](C(=O)Nc2ccccc2F)C1. The van der Waals surface area contributed by atoms with Gasteiger partial charge in [-0.05, 0) is 37.1 Å². The zero-order valence-electron chi connectivity index (χ0n) is 15.1. The number of carbonyl (C=O) groups is 2. The summed E-state index contributed by atoms with van der Waals surface area (Å²) < 4.78 is 19.0. The van der Waals surface area contributed by atoms with Crippen molar-refractivity contribution in [3.05, 3.63) is 54.3 Å².